The van der Waals surface area contributed by atoms with Gasteiger partial charge in [0.1, 0.15) is 5.60 Å². The van der Waals surface area contributed by atoms with Crippen molar-refractivity contribution in [2.24, 2.45) is 0 Å². The summed E-state index contributed by atoms with van der Waals surface area (Å²) in [6.07, 6.45) is 0.849. The molecule has 0 atom stereocenters. The fraction of sp³-hybridized carbons (Fsp3) is 0.600. The molecule has 0 amide bonds. The van der Waals surface area contributed by atoms with Gasteiger partial charge in [-0.05, 0) is 26.3 Å². The first kappa shape index (κ1) is 10.9. The Bertz CT molecular complexity index is 363. The van der Waals surface area contributed by atoms with E-state index in [1.807, 2.05) is 6.92 Å². The second-order valence-corrected chi connectivity index (χ2v) is 3.84. The maximum atomic E-state index is 11.3. The highest BCUT2D eigenvalue weighted by molar-refractivity contribution is 5.07. The summed E-state index contributed by atoms with van der Waals surface area (Å²) in [6.45, 7) is 5.86. The van der Waals surface area contributed by atoms with Gasteiger partial charge in [0.15, 0.2) is 0 Å². The van der Waals surface area contributed by atoms with Crippen molar-refractivity contribution in [3.05, 3.63) is 28.2 Å². The van der Waals surface area contributed by atoms with Crippen LogP contribution >= 0.6 is 0 Å². The Morgan fingerprint density at radius 3 is 2.64 bits per heavy atom. The Hall–Kier alpha value is -1.16. The van der Waals surface area contributed by atoms with E-state index < -0.39 is 5.60 Å². The summed E-state index contributed by atoms with van der Waals surface area (Å²) in [7, 11) is 0. The zero-order chi connectivity index (χ0) is 10.8. The van der Waals surface area contributed by atoms with Crippen molar-refractivity contribution in [1.82, 2.24) is 9.78 Å². The van der Waals surface area contributed by atoms with Crippen LogP contribution in [0.15, 0.2) is 16.9 Å². The third-order valence-corrected chi connectivity index (χ3v) is 1.93. The molecule has 0 aliphatic heterocycles. The lowest BCUT2D eigenvalue weighted by atomic mass is 10.1. The monoisotopic (exact) mass is 196 g/mol. The molecule has 78 valence electrons. The molecule has 0 radical (unpaired) electrons. The van der Waals surface area contributed by atoms with Gasteiger partial charge in [-0.1, -0.05) is 6.92 Å². The van der Waals surface area contributed by atoms with Crippen LogP contribution in [0.25, 0.3) is 0 Å². The average molecular weight is 196 g/mol. The third-order valence-electron chi connectivity index (χ3n) is 1.93. The number of aryl methyl sites for hydroxylation is 1. The van der Waals surface area contributed by atoms with Crippen LogP contribution in [-0.4, -0.2) is 14.9 Å². The van der Waals surface area contributed by atoms with Crippen LogP contribution in [0.2, 0.25) is 0 Å². The molecule has 4 nitrogen and oxygen atoms in total. The SMILES string of the molecule is CCCn1nc(C(C)(C)O)ccc1=O. The average Bonchev–Trinajstić information content (AvgIpc) is 2.07. The predicted molar refractivity (Wildman–Crippen MR) is 54.0 cm³/mol. The number of aromatic nitrogens is 2. The van der Waals surface area contributed by atoms with E-state index in [2.05, 4.69) is 5.10 Å². The summed E-state index contributed by atoms with van der Waals surface area (Å²) < 4.78 is 1.38. The Labute approximate surface area is 83.2 Å². The van der Waals surface area contributed by atoms with Gasteiger partial charge in [-0.3, -0.25) is 4.79 Å². The highest BCUT2D eigenvalue weighted by Gasteiger charge is 2.18. The Balaban J connectivity index is 3.13. The van der Waals surface area contributed by atoms with Gasteiger partial charge in [-0.15, -0.1) is 0 Å². The number of hydrogen-bond acceptors (Lipinski definition) is 3. The van der Waals surface area contributed by atoms with Gasteiger partial charge in [-0.2, -0.15) is 5.10 Å². The van der Waals surface area contributed by atoms with Gasteiger partial charge in [0.05, 0.1) is 5.69 Å². The number of aliphatic hydroxyl groups is 1. The van der Waals surface area contributed by atoms with E-state index >= 15 is 0 Å². The molecule has 1 rings (SSSR count). The summed E-state index contributed by atoms with van der Waals surface area (Å²) in [5, 5.41) is 13.8. The van der Waals surface area contributed by atoms with Crippen LogP contribution in [0.1, 0.15) is 32.9 Å². The van der Waals surface area contributed by atoms with Crippen molar-refractivity contribution in [2.75, 3.05) is 0 Å². The minimum absolute atomic E-state index is 0.125. The van der Waals surface area contributed by atoms with Gasteiger partial charge in [0.25, 0.3) is 5.56 Å². The van der Waals surface area contributed by atoms with E-state index in [-0.39, 0.29) is 5.56 Å². The van der Waals surface area contributed by atoms with E-state index in [1.54, 1.807) is 19.9 Å². The molecule has 1 N–H and O–H groups in total. The molecule has 0 fully saturated rings. The molecule has 0 aliphatic carbocycles. The van der Waals surface area contributed by atoms with E-state index in [9.17, 15) is 9.90 Å². The van der Waals surface area contributed by atoms with Crippen LogP contribution in [0, 0.1) is 0 Å². The van der Waals surface area contributed by atoms with E-state index in [1.165, 1.54) is 10.7 Å². The van der Waals surface area contributed by atoms with Crippen LogP contribution in [-0.2, 0) is 12.1 Å². The normalized spacial score (nSPS) is 11.7. The summed E-state index contributed by atoms with van der Waals surface area (Å²) in [4.78, 5) is 11.3. The molecule has 0 unspecified atom stereocenters. The zero-order valence-corrected chi connectivity index (χ0v) is 8.82. The molecule has 4 heteroatoms. The predicted octanol–water partition coefficient (Wildman–Crippen LogP) is 0.881. The fourth-order valence-electron chi connectivity index (χ4n) is 1.15. The van der Waals surface area contributed by atoms with Crippen molar-refractivity contribution in [1.29, 1.82) is 0 Å². The molecule has 0 saturated heterocycles. The number of nitrogens with zero attached hydrogens (tertiary/aromatic N) is 2. The lowest BCUT2D eigenvalue weighted by Gasteiger charge is -2.17. The van der Waals surface area contributed by atoms with E-state index in [0.29, 0.717) is 12.2 Å². The molecule has 1 heterocycles. The Kier molecular flexibility index (Phi) is 3.06. The standard InChI is InChI=1S/C10H16N2O2/c1-4-7-12-9(13)6-5-8(11-12)10(2,3)14/h5-6,14H,4,7H2,1-3H3. The first-order valence-electron chi connectivity index (χ1n) is 4.76. The highest BCUT2D eigenvalue weighted by Crippen LogP contribution is 2.14. The topological polar surface area (TPSA) is 55.1 Å². The smallest absolute Gasteiger partial charge is 0.266 e. The maximum Gasteiger partial charge on any atom is 0.266 e. The lowest BCUT2D eigenvalue weighted by molar-refractivity contribution is 0.0714. The molecule has 0 aliphatic rings. The lowest BCUT2D eigenvalue weighted by Crippen LogP contribution is -2.27. The van der Waals surface area contributed by atoms with Crippen molar-refractivity contribution in [3.8, 4) is 0 Å². The fourth-order valence-corrected chi connectivity index (χ4v) is 1.15. The molecule has 0 spiro atoms. The third kappa shape index (κ3) is 2.42. The molecule has 0 aromatic carbocycles. The van der Waals surface area contributed by atoms with Gasteiger partial charge in [0.2, 0.25) is 0 Å². The maximum absolute atomic E-state index is 11.3. The highest BCUT2D eigenvalue weighted by atomic mass is 16.3. The van der Waals surface area contributed by atoms with Gasteiger partial charge in [-0.25, -0.2) is 4.68 Å². The quantitative estimate of drug-likeness (QED) is 0.780. The van der Waals surface area contributed by atoms with Gasteiger partial charge < -0.3 is 5.11 Å². The van der Waals surface area contributed by atoms with Gasteiger partial charge in [0, 0.05) is 12.6 Å². The summed E-state index contributed by atoms with van der Waals surface area (Å²) in [6, 6.07) is 3.00. The Morgan fingerprint density at radius 2 is 2.14 bits per heavy atom. The minimum Gasteiger partial charge on any atom is -0.384 e. The van der Waals surface area contributed by atoms with Crippen molar-refractivity contribution in [2.45, 2.75) is 39.3 Å². The molecular weight excluding hydrogens is 180 g/mol. The number of hydrogen-bond donors (Lipinski definition) is 1. The van der Waals surface area contributed by atoms with Crippen molar-refractivity contribution < 1.29 is 5.11 Å². The van der Waals surface area contributed by atoms with Gasteiger partial charge >= 0.3 is 0 Å². The second kappa shape index (κ2) is 3.92. The first-order valence-corrected chi connectivity index (χ1v) is 4.76. The Morgan fingerprint density at radius 1 is 1.50 bits per heavy atom. The second-order valence-electron chi connectivity index (χ2n) is 3.84. The molecule has 0 bridgehead atoms. The van der Waals surface area contributed by atoms with Crippen LogP contribution in [0.3, 0.4) is 0 Å². The summed E-state index contributed by atoms with van der Waals surface area (Å²) in [5.41, 5.74) is -0.603. The molecule has 0 saturated carbocycles. The zero-order valence-electron chi connectivity index (χ0n) is 8.82. The first-order chi connectivity index (χ1) is 6.45. The summed E-state index contributed by atoms with van der Waals surface area (Å²) in [5.74, 6) is 0. The van der Waals surface area contributed by atoms with E-state index in [4.69, 9.17) is 0 Å². The minimum atomic E-state index is -0.997. The van der Waals surface area contributed by atoms with E-state index in [0.717, 1.165) is 6.42 Å². The largest absolute Gasteiger partial charge is 0.384 e. The number of rotatable bonds is 3. The summed E-state index contributed by atoms with van der Waals surface area (Å²) >= 11 is 0. The van der Waals surface area contributed by atoms with Crippen LogP contribution in [0.5, 0.6) is 0 Å². The van der Waals surface area contributed by atoms with Crippen molar-refractivity contribution in [3.63, 3.8) is 0 Å². The molecule has 1 aromatic rings. The van der Waals surface area contributed by atoms with Crippen LogP contribution in [0.4, 0.5) is 0 Å². The molecule has 14 heavy (non-hydrogen) atoms. The van der Waals surface area contributed by atoms with Crippen molar-refractivity contribution >= 4 is 0 Å². The molecular formula is C10H16N2O2. The van der Waals surface area contributed by atoms with Crippen LogP contribution < -0.4 is 5.56 Å². The molecule has 1 aromatic heterocycles.